The van der Waals surface area contributed by atoms with Crippen LogP contribution in [0.5, 0.6) is 0 Å². The third kappa shape index (κ3) is 4.81. The van der Waals surface area contributed by atoms with Crippen molar-refractivity contribution in [2.24, 2.45) is 0 Å². The first kappa shape index (κ1) is 31.6. The molecule has 0 amide bonds. The topological polar surface area (TPSA) is 16.4 Å². The van der Waals surface area contributed by atoms with E-state index in [2.05, 4.69) is 201 Å². The van der Waals surface area contributed by atoms with E-state index in [9.17, 15) is 0 Å². The maximum atomic E-state index is 6.45. The number of furan rings is 1. The van der Waals surface area contributed by atoms with Crippen molar-refractivity contribution in [1.29, 1.82) is 0 Å². The number of rotatable bonds is 5. The van der Waals surface area contributed by atoms with Gasteiger partial charge in [-0.25, -0.2) is 0 Å². The van der Waals surface area contributed by atoms with Crippen LogP contribution in [-0.2, 0) is 5.41 Å². The first-order valence-corrected chi connectivity index (χ1v) is 19.1. The van der Waals surface area contributed by atoms with Crippen molar-refractivity contribution in [3.8, 4) is 33.4 Å². The summed E-state index contributed by atoms with van der Waals surface area (Å²) in [5, 5.41) is 7.19. The van der Waals surface area contributed by atoms with Crippen LogP contribution in [-0.4, -0.2) is 0 Å². The molecule has 0 N–H and O–H groups in total. The Kier molecular flexibility index (Phi) is 6.93. The molecule has 9 aromatic carbocycles. The second-order valence-electron chi connectivity index (χ2n) is 15.3. The van der Waals surface area contributed by atoms with E-state index in [0.29, 0.717) is 0 Å². The quantitative estimate of drug-likeness (QED) is 0.177. The largest absolute Gasteiger partial charge is 0.456 e. The van der Waals surface area contributed by atoms with Crippen LogP contribution >= 0.6 is 0 Å². The van der Waals surface area contributed by atoms with Crippen molar-refractivity contribution in [2.75, 3.05) is 4.90 Å². The molecule has 0 saturated carbocycles. The smallest absolute Gasteiger partial charge is 0.136 e. The zero-order valence-electron chi connectivity index (χ0n) is 30.8. The lowest BCUT2D eigenvalue weighted by Crippen LogP contribution is -2.16. The van der Waals surface area contributed by atoms with Gasteiger partial charge in [-0.15, -0.1) is 0 Å². The maximum Gasteiger partial charge on any atom is 0.136 e. The van der Waals surface area contributed by atoms with Gasteiger partial charge in [0.1, 0.15) is 11.2 Å². The van der Waals surface area contributed by atoms with Crippen LogP contribution in [0.4, 0.5) is 17.1 Å². The molecule has 2 nitrogen and oxygen atoms in total. The summed E-state index contributed by atoms with van der Waals surface area (Å²) in [6.45, 7) is 4.70. The predicted octanol–water partition coefficient (Wildman–Crippen LogP) is 15.0. The predicted molar refractivity (Wildman–Crippen MR) is 232 cm³/mol. The highest BCUT2D eigenvalue weighted by Gasteiger charge is 2.37. The van der Waals surface area contributed by atoms with E-state index in [-0.39, 0.29) is 5.41 Å². The highest BCUT2D eigenvalue weighted by atomic mass is 16.3. The molecule has 0 bridgehead atoms. The Hall–Kier alpha value is -6.90. The van der Waals surface area contributed by atoms with Crippen molar-refractivity contribution in [3.05, 3.63) is 199 Å². The fourth-order valence-electron chi connectivity index (χ4n) is 9.24. The van der Waals surface area contributed by atoms with E-state index in [1.807, 2.05) is 6.07 Å². The van der Waals surface area contributed by atoms with Gasteiger partial charge in [0.05, 0.1) is 5.69 Å². The summed E-state index contributed by atoms with van der Waals surface area (Å²) in [4.78, 5) is 2.44. The molecular weight excluding hydrogens is 667 g/mol. The van der Waals surface area contributed by atoms with Crippen LogP contribution in [0.2, 0.25) is 0 Å². The van der Waals surface area contributed by atoms with E-state index < -0.39 is 0 Å². The van der Waals surface area contributed by atoms with Crippen LogP contribution in [0, 0.1) is 0 Å². The van der Waals surface area contributed by atoms with Crippen molar-refractivity contribution >= 4 is 60.5 Å². The fraction of sp³-hybridized carbons (Fsp3) is 0.0566. The summed E-state index contributed by atoms with van der Waals surface area (Å²) in [5.41, 5.74) is 15.2. The molecule has 2 heteroatoms. The summed E-state index contributed by atoms with van der Waals surface area (Å²) >= 11 is 0. The zero-order chi connectivity index (χ0) is 36.7. The van der Waals surface area contributed by atoms with Crippen LogP contribution < -0.4 is 4.90 Å². The molecule has 1 aliphatic rings. The second kappa shape index (κ2) is 12.1. The molecule has 260 valence electrons. The summed E-state index contributed by atoms with van der Waals surface area (Å²) < 4.78 is 6.45. The Morgan fingerprint density at radius 3 is 1.80 bits per heavy atom. The molecule has 0 radical (unpaired) electrons. The first-order valence-electron chi connectivity index (χ1n) is 19.1. The van der Waals surface area contributed by atoms with Gasteiger partial charge < -0.3 is 9.32 Å². The number of fused-ring (bicyclic) bond motifs is 8. The van der Waals surface area contributed by atoms with Gasteiger partial charge in [-0.2, -0.15) is 0 Å². The Morgan fingerprint density at radius 2 is 1.00 bits per heavy atom. The van der Waals surface area contributed by atoms with Crippen LogP contribution in [0.1, 0.15) is 25.0 Å². The Bertz CT molecular complexity index is 3110. The van der Waals surface area contributed by atoms with Crippen molar-refractivity contribution in [3.63, 3.8) is 0 Å². The van der Waals surface area contributed by atoms with Gasteiger partial charge >= 0.3 is 0 Å². The molecule has 1 aromatic heterocycles. The number of para-hydroxylation sites is 1. The van der Waals surface area contributed by atoms with Crippen molar-refractivity contribution < 1.29 is 4.42 Å². The Labute approximate surface area is 320 Å². The van der Waals surface area contributed by atoms with Gasteiger partial charge in [0.25, 0.3) is 0 Å². The summed E-state index contributed by atoms with van der Waals surface area (Å²) in [6.07, 6.45) is 0. The van der Waals surface area contributed by atoms with Crippen LogP contribution in [0.25, 0.3) is 76.9 Å². The Balaban J connectivity index is 1.11. The third-order valence-corrected chi connectivity index (χ3v) is 11.9. The van der Waals surface area contributed by atoms with E-state index in [1.54, 1.807) is 0 Å². The van der Waals surface area contributed by atoms with Gasteiger partial charge in [-0.3, -0.25) is 0 Å². The third-order valence-electron chi connectivity index (χ3n) is 11.9. The lowest BCUT2D eigenvalue weighted by atomic mass is 9.82. The highest BCUT2D eigenvalue weighted by Crippen LogP contribution is 2.54. The average Bonchev–Trinajstić information content (AvgIpc) is 3.72. The number of nitrogens with zero attached hydrogens (tertiary/aromatic N) is 1. The number of hydrogen-bond acceptors (Lipinski definition) is 2. The molecule has 0 atom stereocenters. The van der Waals surface area contributed by atoms with Gasteiger partial charge in [-0.05, 0) is 97.4 Å². The standard InChI is InChI=1S/C53H37NO/c1-53(2)45-21-9-7-18-43(45)51-46(53)22-12-23-47(51)54(38-29-25-35(26-30-38)41-20-11-15-34-13-3-5-16-40(34)41)39-31-27-36(28-32-39)50-42-17-6-4-14-37(42)33-49-52(50)44-19-8-10-24-48(44)55-49/h3-33H,1-2H3. The number of anilines is 3. The highest BCUT2D eigenvalue weighted by molar-refractivity contribution is 6.20. The first-order chi connectivity index (χ1) is 27.0. The minimum atomic E-state index is -0.108. The van der Waals surface area contributed by atoms with E-state index in [1.165, 1.54) is 66.2 Å². The minimum absolute atomic E-state index is 0.108. The molecule has 10 aromatic rings. The van der Waals surface area contributed by atoms with Crippen molar-refractivity contribution in [2.45, 2.75) is 19.3 Å². The molecule has 1 aliphatic carbocycles. The molecule has 0 aliphatic heterocycles. The lowest BCUT2D eigenvalue weighted by Gasteiger charge is -2.29. The van der Waals surface area contributed by atoms with Gasteiger partial charge in [-0.1, -0.05) is 159 Å². The normalized spacial score (nSPS) is 13.1. The minimum Gasteiger partial charge on any atom is -0.456 e. The van der Waals surface area contributed by atoms with Gasteiger partial charge in [0.15, 0.2) is 0 Å². The molecule has 11 rings (SSSR count). The molecule has 1 heterocycles. The molecule has 0 fully saturated rings. The number of hydrogen-bond donors (Lipinski definition) is 0. The Morgan fingerprint density at radius 1 is 0.418 bits per heavy atom. The molecular formula is C53H37NO. The molecule has 0 unspecified atom stereocenters. The average molecular weight is 704 g/mol. The molecule has 0 saturated heterocycles. The SMILES string of the molecule is CC1(C)c2ccccc2-c2c(N(c3ccc(-c4cccc5ccccc45)cc3)c3ccc(-c4c5ccccc5cc5oc6ccccc6c45)cc3)cccc21. The zero-order valence-corrected chi connectivity index (χ0v) is 30.8. The number of benzene rings is 9. The molecule has 55 heavy (non-hydrogen) atoms. The monoisotopic (exact) mass is 703 g/mol. The van der Waals surface area contributed by atoms with E-state index in [4.69, 9.17) is 4.42 Å². The summed E-state index contributed by atoms with van der Waals surface area (Å²) in [5.74, 6) is 0. The van der Waals surface area contributed by atoms with Crippen LogP contribution in [0.3, 0.4) is 0 Å². The van der Waals surface area contributed by atoms with Crippen molar-refractivity contribution in [1.82, 2.24) is 0 Å². The second-order valence-corrected chi connectivity index (χ2v) is 15.3. The van der Waals surface area contributed by atoms with Crippen LogP contribution in [0.15, 0.2) is 192 Å². The van der Waals surface area contributed by atoms with Gasteiger partial charge in [0, 0.05) is 38.7 Å². The van der Waals surface area contributed by atoms with Gasteiger partial charge in [0.2, 0.25) is 0 Å². The summed E-state index contributed by atoms with van der Waals surface area (Å²) in [7, 11) is 0. The lowest BCUT2D eigenvalue weighted by molar-refractivity contribution is 0.660. The fourth-order valence-corrected chi connectivity index (χ4v) is 9.24. The summed E-state index contributed by atoms with van der Waals surface area (Å²) in [6, 6.07) is 68.4. The van der Waals surface area contributed by atoms with E-state index in [0.717, 1.165) is 38.9 Å². The van der Waals surface area contributed by atoms with E-state index >= 15 is 0 Å². The molecule has 0 spiro atoms. The maximum absolute atomic E-state index is 6.45.